The Hall–Kier alpha value is -3.09. The van der Waals surface area contributed by atoms with Crippen LogP contribution in [0.1, 0.15) is 29.2 Å². The largest absolute Gasteiger partial charge is 0.324 e. The minimum absolute atomic E-state index is 0.0535. The predicted octanol–water partition coefficient (Wildman–Crippen LogP) is 4.88. The fraction of sp³-hybridized carbons (Fsp3) is 0.190. The van der Waals surface area contributed by atoms with Gasteiger partial charge in [-0.15, -0.1) is 0 Å². The van der Waals surface area contributed by atoms with Gasteiger partial charge in [-0.3, -0.25) is 0 Å². The molecule has 2 aromatic carbocycles. The molecule has 4 rings (SSSR count). The molecule has 0 saturated heterocycles. The lowest BCUT2D eigenvalue weighted by Gasteiger charge is -2.29. The number of halogens is 4. The van der Waals surface area contributed by atoms with E-state index in [1.54, 1.807) is 0 Å². The van der Waals surface area contributed by atoms with Crippen molar-refractivity contribution in [2.75, 3.05) is 0 Å². The van der Waals surface area contributed by atoms with E-state index in [0.717, 1.165) is 36.7 Å². The van der Waals surface area contributed by atoms with Crippen molar-refractivity contribution in [3.8, 4) is 0 Å². The maximum atomic E-state index is 14.1. The molecule has 1 heterocycles. The second kappa shape index (κ2) is 7.14. The van der Waals surface area contributed by atoms with Gasteiger partial charge in [0.15, 0.2) is 23.3 Å². The summed E-state index contributed by atoms with van der Waals surface area (Å²) in [5, 5.41) is 2.81. The van der Waals surface area contributed by atoms with E-state index in [0.29, 0.717) is 5.96 Å². The van der Waals surface area contributed by atoms with Crippen LogP contribution in [0.15, 0.2) is 65.7 Å². The van der Waals surface area contributed by atoms with Gasteiger partial charge in [0.2, 0.25) is 5.96 Å². The van der Waals surface area contributed by atoms with Gasteiger partial charge in [-0.2, -0.15) is 0 Å². The molecule has 144 valence electrons. The molecule has 1 unspecified atom stereocenters. The van der Waals surface area contributed by atoms with Crippen molar-refractivity contribution in [3.63, 3.8) is 0 Å². The molecule has 28 heavy (non-hydrogen) atoms. The van der Waals surface area contributed by atoms with E-state index in [1.807, 2.05) is 24.3 Å². The third-order valence-electron chi connectivity index (χ3n) is 4.87. The average Bonchev–Trinajstić information content (AvgIpc) is 3.07. The number of nitrogens with zero attached hydrogens (tertiary/aromatic N) is 2. The standard InChI is InChI=1S/C21H17F4N3/c1-12-18(24)11-28(10-13-8-16(22)20(25)17(23)9-13)21(26-12)27-19-7-6-14-4-2-3-5-15(14)19/h2-5,8-9,11,19H,1,6-7,10H2,(H,26,27). The Kier molecular flexibility index (Phi) is 4.66. The summed E-state index contributed by atoms with van der Waals surface area (Å²) in [6, 6.07) is 9.60. The summed E-state index contributed by atoms with van der Waals surface area (Å²) in [7, 11) is 0. The van der Waals surface area contributed by atoms with Crippen LogP contribution in [0.4, 0.5) is 17.6 Å². The molecular weight excluding hydrogens is 370 g/mol. The summed E-state index contributed by atoms with van der Waals surface area (Å²) < 4.78 is 54.4. The van der Waals surface area contributed by atoms with Crippen LogP contribution in [-0.4, -0.2) is 10.9 Å². The number of hydrogen-bond donors (Lipinski definition) is 1. The summed E-state index contributed by atoms with van der Waals surface area (Å²) in [5.74, 6) is -4.42. The van der Waals surface area contributed by atoms with E-state index in [1.165, 1.54) is 10.5 Å². The van der Waals surface area contributed by atoms with Gasteiger partial charge in [0.05, 0.1) is 18.3 Å². The average molecular weight is 387 g/mol. The van der Waals surface area contributed by atoms with Crippen molar-refractivity contribution in [2.24, 2.45) is 4.99 Å². The number of aliphatic imine (C=N–C) groups is 1. The molecule has 0 fully saturated rings. The van der Waals surface area contributed by atoms with E-state index < -0.39 is 23.3 Å². The highest BCUT2D eigenvalue weighted by Gasteiger charge is 2.26. The van der Waals surface area contributed by atoms with Crippen LogP contribution in [0, 0.1) is 17.5 Å². The number of benzene rings is 2. The topological polar surface area (TPSA) is 27.6 Å². The fourth-order valence-corrected chi connectivity index (χ4v) is 3.48. The first kappa shape index (κ1) is 18.3. The predicted molar refractivity (Wildman–Crippen MR) is 98.3 cm³/mol. The molecule has 0 amide bonds. The molecule has 0 radical (unpaired) electrons. The monoisotopic (exact) mass is 387 g/mol. The minimum Gasteiger partial charge on any atom is -0.324 e. The molecule has 3 nitrogen and oxygen atoms in total. The molecule has 2 aliphatic rings. The second-order valence-electron chi connectivity index (χ2n) is 6.79. The zero-order chi connectivity index (χ0) is 19.8. The Labute approximate surface area is 159 Å². The van der Waals surface area contributed by atoms with Crippen molar-refractivity contribution < 1.29 is 17.6 Å². The molecule has 7 heteroatoms. The number of guanidine groups is 1. The molecule has 1 atom stereocenters. The van der Waals surface area contributed by atoms with Crippen molar-refractivity contribution in [3.05, 3.63) is 94.8 Å². The van der Waals surface area contributed by atoms with Gasteiger partial charge in [-0.05, 0) is 41.7 Å². The first-order chi connectivity index (χ1) is 13.4. The van der Waals surface area contributed by atoms with Gasteiger partial charge in [-0.25, -0.2) is 22.6 Å². The molecular formula is C21H17F4N3. The SMILES string of the molecule is C=C1NC(=NC2CCc3ccccc32)N(Cc2cc(F)c(F)c(F)c2)C=C1F. The summed E-state index contributed by atoms with van der Waals surface area (Å²) >= 11 is 0. The summed E-state index contributed by atoms with van der Waals surface area (Å²) in [6.45, 7) is 3.53. The smallest absolute Gasteiger partial charge is 0.203 e. The minimum atomic E-state index is -1.54. The molecule has 0 spiro atoms. The number of allylic oxidation sites excluding steroid dienone is 1. The van der Waals surface area contributed by atoms with Gasteiger partial charge < -0.3 is 10.2 Å². The Bertz CT molecular complexity index is 989. The van der Waals surface area contributed by atoms with Crippen LogP contribution in [0.25, 0.3) is 0 Å². The first-order valence-corrected chi connectivity index (χ1v) is 8.81. The van der Waals surface area contributed by atoms with Crippen molar-refractivity contribution in [1.82, 2.24) is 10.2 Å². The highest BCUT2D eigenvalue weighted by Crippen LogP contribution is 2.34. The van der Waals surface area contributed by atoms with Crippen LogP contribution in [0.5, 0.6) is 0 Å². The first-order valence-electron chi connectivity index (χ1n) is 8.81. The molecule has 0 bridgehead atoms. The van der Waals surface area contributed by atoms with E-state index in [2.05, 4.69) is 11.9 Å². The lowest BCUT2D eigenvalue weighted by Crippen LogP contribution is -2.41. The number of nitrogens with one attached hydrogen (secondary N) is 1. The van der Waals surface area contributed by atoms with Gasteiger partial charge >= 0.3 is 0 Å². The number of rotatable bonds is 3. The Morgan fingerprint density at radius 1 is 1.11 bits per heavy atom. The Balaban J connectivity index is 1.67. The van der Waals surface area contributed by atoms with Crippen molar-refractivity contribution in [2.45, 2.75) is 25.4 Å². The summed E-state index contributed by atoms with van der Waals surface area (Å²) in [6.07, 6.45) is 2.85. The highest BCUT2D eigenvalue weighted by atomic mass is 19.2. The Morgan fingerprint density at radius 2 is 1.82 bits per heavy atom. The normalized spacial score (nSPS) is 20.2. The van der Waals surface area contributed by atoms with E-state index in [-0.39, 0.29) is 23.8 Å². The van der Waals surface area contributed by atoms with Crippen LogP contribution in [-0.2, 0) is 13.0 Å². The van der Waals surface area contributed by atoms with Gasteiger partial charge in [0.1, 0.15) is 0 Å². The van der Waals surface area contributed by atoms with Crippen LogP contribution < -0.4 is 5.32 Å². The lowest BCUT2D eigenvalue weighted by molar-refractivity contribution is 0.436. The summed E-state index contributed by atoms with van der Waals surface area (Å²) in [5.41, 5.74) is 2.51. The summed E-state index contributed by atoms with van der Waals surface area (Å²) in [4.78, 5) is 6.10. The van der Waals surface area contributed by atoms with Crippen molar-refractivity contribution in [1.29, 1.82) is 0 Å². The lowest BCUT2D eigenvalue weighted by atomic mass is 10.1. The third kappa shape index (κ3) is 3.40. The van der Waals surface area contributed by atoms with Gasteiger partial charge in [0.25, 0.3) is 0 Å². The van der Waals surface area contributed by atoms with E-state index in [4.69, 9.17) is 4.99 Å². The number of hydrogen-bond acceptors (Lipinski definition) is 1. The quantitative estimate of drug-likeness (QED) is 0.601. The van der Waals surface area contributed by atoms with Crippen LogP contribution in [0.2, 0.25) is 0 Å². The van der Waals surface area contributed by atoms with E-state index in [9.17, 15) is 17.6 Å². The fourth-order valence-electron chi connectivity index (χ4n) is 3.48. The number of fused-ring (bicyclic) bond motifs is 1. The Morgan fingerprint density at radius 3 is 2.57 bits per heavy atom. The van der Waals surface area contributed by atoms with Crippen molar-refractivity contribution >= 4 is 5.96 Å². The third-order valence-corrected chi connectivity index (χ3v) is 4.87. The van der Waals surface area contributed by atoms with Crippen LogP contribution >= 0.6 is 0 Å². The maximum absolute atomic E-state index is 14.1. The van der Waals surface area contributed by atoms with E-state index >= 15 is 0 Å². The molecule has 0 aromatic heterocycles. The van der Waals surface area contributed by atoms with Gasteiger partial charge in [0, 0.05) is 6.20 Å². The molecule has 1 N–H and O–H groups in total. The van der Waals surface area contributed by atoms with Gasteiger partial charge in [-0.1, -0.05) is 30.8 Å². The van der Waals surface area contributed by atoms with Crippen LogP contribution in [0.3, 0.4) is 0 Å². The molecule has 1 aliphatic heterocycles. The number of aryl methyl sites for hydroxylation is 1. The molecule has 1 aliphatic carbocycles. The zero-order valence-corrected chi connectivity index (χ0v) is 14.9. The highest BCUT2D eigenvalue weighted by molar-refractivity contribution is 5.85. The molecule has 0 saturated carbocycles. The maximum Gasteiger partial charge on any atom is 0.203 e. The molecule has 2 aromatic rings. The zero-order valence-electron chi connectivity index (χ0n) is 14.9. The second-order valence-corrected chi connectivity index (χ2v) is 6.79.